The number of carbonyl (C=O) groups is 6. The van der Waals surface area contributed by atoms with Gasteiger partial charge in [-0.15, -0.1) is 21.4 Å². The first-order valence-electron chi connectivity index (χ1n) is 21.4. The Bertz CT molecular complexity index is 2160. The number of imidazole rings is 1. The van der Waals surface area contributed by atoms with Gasteiger partial charge in [0.05, 0.1) is 23.8 Å². The van der Waals surface area contributed by atoms with Crippen LogP contribution in [-0.2, 0) is 28.4 Å². The molecule has 372 valence electrons. The Morgan fingerprint density at radius 1 is 0.642 bits per heavy atom. The molecule has 67 heavy (non-hydrogen) atoms. The predicted octanol–water partition coefficient (Wildman–Crippen LogP) is 10.4. The molecule has 0 N–H and O–H groups in total. The van der Waals surface area contributed by atoms with E-state index in [1.54, 1.807) is 83.1 Å². The molecule has 2 aliphatic rings. The van der Waals surface area contributed by atoms with Crippen molar-refractivity contribution in [3.05, 3.63) is 32.8 Å². The van der Waals surface area contributed by atoms with Gasteiger partial charge in [0, 0.05) is 28.8 Å². The first-order valence-corrected chi connectivity index (χ1v) is 21.8. The fourth-order valence-corrected chi connectivity index (χ4v) is 7.59. The Morgan fingerprint density at radius 3 is 1.40 bits per heavy atom. The van der Waals surface area contributed by atoms with Crippen LogP contribution >= 0.6 is 11.6 Å². The molecule has 1 aromatic heterocycles. The summed E-state index contributed by atoms with van der Waals surface area (Å²) in [6.07, 6.45) is -6.49. The van der Waals surface area contributed by atoms with E-state index in [0.29, 0.717) is 9.80 Å². The third kappa shape index (κ3) is 14.3. The highest BCUT2D eigenvalue weighted by Crippen LogP contribution is 2.58. The number of carbonyl (C=O) groups excluding carboxylic acids is 6. The van der Waals surface area contributed by atoms with Gasteiger partial charge in [-0.25, -0.2) is 48.2 Å². The number of azide groups is 2. The first kappa shape index (κ1) is 55.3. The number of hydrogen-bond donors (Lipinski definition) is 0. The van der Waals surface area contributed by atoms with Gasteiger partial charge in [-0.3, -0.25) is 0 Å². The van der Waals surface area contributed by atoms with Gasteiger partial charge in [-0.2, -0.15) is 0 Å². The number of amides is 5. The van der Waals surface area contributed by atoms with E-state index in [-0.39, 0.29) is 12.2 Å². The van der Waals surface area contributed by atoms with E-state index in [1.807, 2.05) is 0 Å². The molecule has 1 aromatic rings. The molecule has 1 fully saturated rings. The largest absolute Gasteiger partial charge is 0.443 e. The van der Waals surface area contributed by atoms with Crippen molar-refractivity contribution in [2.75, 3.05) is 24.5 Å². The summed E-state index contributed by atoms with van der Waals surface area (Å²) in [5.74, 6) is -4.95. The summed E-state index contributed by atoms with van der Waals surface area (Å²) in [5.41, 5.74) is 9.78. The molecule has 24 nitrogen and oxygen atoms in total. The molecule has 5 amide bonds. The highest BCUT2D eigenvalue weighted by atomic mass is 35.5. The van der Waals surface area contributed by atoms with Crippen molar-refractivity contribution >= 4 is 60.1 Å². The third-order valence-electron chi connectivity index (χ3n) is 9.03. The summed E-state index contributed by atoms with van der Waals surface area (Å²) >= 11 is 7.54. The molecule has 1 saturated carbocycles. The lowest BCUT2D eigenvalue weighted by molar-refractivity contribution is 0.0110. The first-order chi connectivity index (χ1) is 30.3. The maximum Gasteiger partial charge on any atom is 0.427 e. The highest BCUT2D eigenvalue weighted by Gasteiger charge is 2.66. The van der Waals surface area contributed by atoms with E-state index in [4.69, 9.17) is 45.0 Å². The van der Waals surface area contributed by atoms with Crippen LogP contribution < -0.4 is 4.90 Å². The monoisotopic (exact) mass is 964 g/mol. The van der Waals surface area contributed by atoms with Crippen molar-refractivity contribution in [3.63, 3.8) is 0 Å². The Balaban J connectivity index is 2.71. The minimum atomic E-state index is -2.04. The van der Waals surface area contributed by atoms with Gasteiger partial charge in [-0.1, -0.05) is 10.2 Å². The summed E-state index contributed by atoms with van der Waals surface area (Å²) in [5, 5.41) is 6.26. The third-order valence-corrected chi connectivity index (χ3v) is 9.73. The maximum absolute atomic E-state index is 14.8. The lowest BCUT2D eigenvalue weighted by Crippen LogP contribution is -2.54. The Morgan fingerprint density at radius 2 is 1.01 bits per heavy atom. The average molecular weight is 966 g/mol. The smallest absolute Gasteiger partial charge is 0.427 e. The summed E-state index contributed by atoms with van der Waals surface area (Å²) in [7, 11) is 0. The van der Waals surface area contributed by atoms with Gasteiger partial charge in [0.1, 0.15) is 39.1 Å². The number of guanidine groups is 1. The molecule has 0 radical (unpaired) electrons. The quantitative estimate of drug-likeness (QED) is 0.0843. The van der Waals surface area contributed by atoms with E-state index in [1.165, 1.54) is 41.5 Å². The van der Waals surface area contributed by atoms with Crippen molar-refractivity contribution < 1.29 is 57.2 Å². The van der Waals surface area contributed by atoms with Crippen LogP contribution in [0.3, 0.4) is 0 Å². The molecule has 3 rings (SSSR count). The molecule has 1 aliphatic carbocycles. The molecule has 0 saturated heterocycles. The minimum absolute atomic E-state index is 0.205. The van der Waals surface area contributed by atoms with Crippen LogP contribution in [0, 0.1) is 11.8 Å². The van der Waals surface area contributed by atoms with Crippen LogP contribution in [0.25, 0.3) is 20.9 Å². The number of aliphatic imine (C=N–C) groups is 1. The number of hydrogen-bond acceptors (Lipinski definition) is 16. The fraction of sp³-hybridized carbons (Fsp3) is 0.762. The minimum Gasteiger partial charge on any atom is -0.443 e. The number of alkyl halides is 1. The van der Waals surface area contributed by atoms with Gasteiger partial charge >= 0.3 is 36.6 Å². The standard InChI is InChI=1S/C42H65ClN12O12/c1-36(2,3)62-30(56)52-22-42(49-29(52)55(34(60)66-40(13,14)15)35(61)67-41(16,17)18)26(23(19-47-50-44)24(27(42)43)20-48-51-45)25-21-46-28(53(25)31(57)63-37(4,5)6)54(32(58)64-38(7,8)9)33(59)65-39(10,11)12/h21,23-24,26-27H,19-20,22H2,1-18H3/t23-,24-,26-,27+,42+/m1/s1. The molecule has 1 aliphatic heterocycles. The molecule has 25 heteroatoms. The molecule has 5 atom stereocenters. The molecular weight excluding hydrogens is 900 g/mol. The Labute approximate surface area is 395 Å². The average Bonchev–Trinajstić information content (AvgIpc) is 3.74. The van der Waals surface area contributed by atoms with Gasteiger partial charge in [0.2, 0.25) is 11.9 Å². The van der Waals surface area contributed by atoms with Crippen molar-refractivity contribution in [2.45, 2.75) is 175 Å². The summed E-state index contributed by atoms with van der Waals surface area (Å²) in [6, 6.07) is 0. The van der Waals surface area contributed by atoms with Crippen LogP contribution in [0.2, 0.25) is 0 Å². The summed E-state index contributed by atoms with van der Waals surface area (Å²) in [4.78, 5) is 103. The second kappa shape index (κ2) is 19.7. The zero-order chi connectivity index (χ0) is 51.6. The van der Waals surface area contributed by atoms with Gasteiger partial charge < -0.3 is 28.4 Å². The molecule has 1 spiro atoms. The predicted molar refractivity (Wildman–Crippen MR) is 244 cm³/mol. The number of nitrogens with zero attached hydrogens (tertiary/aromatic N) is 12. The normalized spacial score (nSPS) is 21.0. The summed E-state index contributed by atoms with van der Waals surface area (Å²) < 4.78 is 35.1. The topological polar surface area (TPSA) is 295 Å². The number of aromatic nitrogens is 2. The SMILES string of the molecule is CC(C)(C)OC(=O)N1C[C@@]2(N=C1N(C(=O)OC(C)(C)C)C(=O)OC(C)(C)C)[C@@H](Cl)[C@H](CN=[N+]=[N-])[C@@H](CN=[N+]=[N-])[C@@H]2c1cnc(N(C(=O)OC(C)(C)C)C(=O)OC(C)(C)C)n1C(=O)OC(C)(C)C. The molecule has 0 unspecified atom stereocenters. The Kier molecular flexibility index (Phi) is 16.3. The Hall–Kier alpha value is -5.99. The van der Waals surface area contributed by atoms with Gasteiger partial charge in [0.15, 0.2) is 0 Å². The molecular formula is C42H65ClN12O12. The van der Waals surface area contributed by atoms with Crippen molar-refractivity contribution in [1.82, 2.24) is 19.4 Å². The highest BCUT2D eigenvalue weighted by molar-refractivity contribution is 6.23. The van der Waals surface area contributed by atoms with Crippen LogP contribution in [0.5, 0.6) is 0 Å². The van der Waals surface area contributed by atoms with E-state index >= 15 is 0 Å². The van der Waals surface area contributed by atoms with Crippen LogP contribution in [0.1, 0.15) is 136 Å². The second-order valence-electron chi connectivity index (χ2n) is 21.9. The van der Waals surface area contributed by atoms with E-state index in [0.717, 1.165) is 15.7 Å². The molecule has 2 heterocycles. The van der Waals surface area contributed by atoms with Crippen molar-refractivity contribution in [1.29, 1.82) is 0 Å². The van der Waals surface area contributed by atoms with E-state index in [2.05, 4.69) is 25.0 Å². The lowest BCUT2D eigenvalue weighted by Gasteiger charge is -2.34. The number of ether oxygens (including phenoxy) is 6. The summed E-state index contributed by atoms with van der Waals surface area (Å²) in [6.45, 7) is 26.4. The number of anilines is 1. The van der Waals surface area contributed by atoms with Crippen LogP contribution in [0.15, 0.2) is 21.4 Å². The van der Waals surface area contributed by atoms with Gasteiger partial charge in [0.25, 0.3) is 0 Å². The molecule has 0 aromatic carbocycles. The molecule has 0 bridgehead atoms. The zero-order valence-corrected chi connectivity index (χ0v) is 42.4. The maximum atomic E-state index is 14.8. The zero-order valence-electron chi connectivity index (χ0n) is 41.7. The lowest BCUT2D eigenvalue weighted by atomic mass is 9.80. The van der Waals surface area contributed by atoms with Gasteiger partial charge in [-0.05, 0) is 148 Å². The van der Waals surface area contributed by atoms with Crippen LogP contribution in [-0.4, -0.2) is 126 Å². The van der Waals surface area contributed by atoms with Crippen molar-refractivity contribution in [3.8, 4) is 0 Å². The van der Waals surface area contributed by atoms with E-state index < -0.39 is 124 Å². The number of rotatable bonds is 6. The van der Waals surface area contributed by atoms with Crippen molar-refractivity contribution in [2.24, 2.45) is 27.1 Å². The second-order valence-corrected chi connectivity index (χ2v) is 22.4. The number of halogens is 1. The number of imide groups is 2. The fourth-order valence-electron chi connectivity index (χ4n) is 7.07. The van der Waals surface area contributed by atoms with Crippen LogP contribution in [0.4, 0.5) is 34.7 Å². The van der Waals surface area contributed by atoms with E-state index in [9.17, 15) is 39.8 Å².